The molecule has 0 aliphatic rings. The fraction of sp³-hybridized carbons (Fsp3) is 0.833. The standard InChI is InChI=1S/C6HF10N/c7-3(8,2(1-17)4(9,10)11)5(12,13)6(14,15)16/h2H. The van der Waals surface area contributed by atoms with Crippen molar-refractivity contribution in [1.82, 2.24) is 0 Å². The minimum absolute atomic E-state index is 0.295. The van der Waals surface area contributed by atoms with E-state index in [0.29, 0.717) is 0 Å². The predicted octanol–water partition coefficient (Wildman–Crippen LogP) is 3.52. The fourth-order valence-electron chi connectivity index (χ4n) is 0.730. The zero-order chi connectivity index (χ0) is 14.3. The molecule has 0 N–H and O–H groups in total. The number of alkyl halides is 10. The topological polar surface area (TPSA) is 23.8 Å². The highest BCUT2D eigenvalue weighted by Crippen LogP contribution is 2.53. The number of rotatable bonds is 2. The molecule has 0 fully saturated rings. The first-order valence-corrected chi connectivity index (χ1v) is 3.48. The molecule has 0 radical (unpaired) electrons. The maximum Gasteiger partial charge on any atom is 0.459 e. The molecule has 0 heterocycles. The van der Waals surface area contributed by atoms with E-state index >= 15 is 0 Å². The Bertz CT molecular complexity index is 317. The Morgan fingerprint density at radius 2 is 1.12 bits per heavy atom. The number of hydrogen-bond acceptors (Lipinski definition) is 1. The van der Waals surface area contributed by atoms with Gasteiger partial charge in [0.15, 0.2) is 0 Å². The number of nitrogens with zero attached hydrogens (tertiary/aromatic N) is 1. The molecular weight excluding hydrogens is 276 g/mol. The molecular formula is C6HF10N. The molecule has 0 aliphatic carbocycles. The van der Waals surface area contributed by atoms with E-state index in [4.69, 9.17) is 5.26 Å². The van der Waals surface area contributed by atoms with Gasteiger partial charge < -0.3 is 0 Å². The van der Waals surface area contributed by atoms with Crippen LogP contribution in [0.4, 0.5) is 43.9 Å². The van der Waals surface area contributed by atoms with Gasteiger partial charge in [-0.1, -0.05) is 0 Å². The Hall–Kier alpha value is -1.21. The number of nitriles is 1. The summed E-state index contributed by atoms with van der Waals surface area (Å²) in [7, 11) is 0. The average Bonchev–Trinajstić information content (AvgIpc) is 1.98. The van der Waals surface area contributed by atoms with Crippen LogP contribution < -0.4 is 0 Å². The van der Waals surface area contributed by atoms with E-state index in [0.717, 1.165) is 0 Å². The highest BCUT2D eigenvalue weighted by molar-refractivity contribution is 5.06. The van der Waals surface area contributed by atoms with Crippen LogP contribution in [0.15, 0.2) is 0 Å². The van der Waals surface area contributed by atoms with Crippen LogP contribution in [0.2, 0.25) is 0 Å². The highest BCUT2D eigenvalue weighted by atomic mass is 19.4. The molecule has 0 aromatic rings. The van der Waals surface area contributed by atoms with E-state index in [1.54, 1.807) is 0 Å². The summed E-state index contributed by atoms with van der Waals surface area (Å²) >= 11 is 0. The Morgan fingerprint density at radius 1 is 0.765 bits per heavy atom. The van der Waals surface area contributed by atoms with Crippen LogP contribution >= 0.6 is 0 Å². The fourth-order valence-corrected chi connectivity index (χ4v) is 0.730. The number of halogens is 10. The van der Waals surface area contributed by atoms with Crippen LogP contribution in [0.1, 0.15) is 0 Å². The van der Waals surface area contributed by atoms with Gasteiger partial charge in [-0.15, -0.1) is 0 Å². The third-order valence-corrected chi connectivity index (χ3v) is 1.59. The third kappa shape index (κ3) is 2.55. The van der Waals surface area contributed by atoms with Crippen molar-refractivity contribution in [2.45, 2.75) is 24.2 Å². The van der Waals surface area contributed by atoms with Gasteiger partial charge in [-0.25, -0.2) is 0 Å². The third-order valence-electron chi connectivity index (χ3n) is 1.59. The molecule has 1 atom stereocenters. The molecule has 1 unspecified atom stereocenters. The Labute approximate surface area is 86.6 Å². The van der Waals surface area contributed by atoms with Gasteiger partial charge in [-0.2, -0.15) is 49.2 Å². The van der Waals surface area contributed by atoms with Gasteiger partial charge in [0.1, 0.15) is 0 Å². The van der Waals surface area contributed by atoms with Gasteiger partial charge in [0.2, 0.25) is 5.92 Å². The first-order valence-electron chi connectivity index (χ1n) is 3.48. The summed E-state index contributed by atoms with van der Waals surface area (Å²) in [6, 6.07) is -0.295. The lowest BCUT2D eigenvalue weighted by Crippen LogP contribution is -2.58. The van der Waals surface area contributed by atoms with Crippen molar-refractivity contribution < 1.29 is 43.9 Å². The second kappa shape index (κ2) is 3.92. The van der Waals surface area contributed by atoms with Crippen molar-refractivity contribution in [3.63, 3.8) is 0 Å². The van der Waals surface area contributed by atoms with Crippen molar-refractivity contribution in [1.29, 1.82) is 5.26 Å². The molecule has 0 amide bonds. The lowest BCUT2D eigenvalue weighted by Gasteiger charge is -2.31. The van der Waals surface area contributed by atoms with E-state index < -0.39 is 30.1 Å². The maximum atomic E-state index is 12.4. The van der Waals surface area contributed by atoms with Gasteiger partial charge in [0.25, 0.3) is 0 Å². The molecule has 0 aromatic heterocycles. The summed E-state index contributed by atoms with van der Waals surface area (Å²) in [5.41, 5.74) is 0. The minimum Gasteiger partial charge on any atom is -0.198 e. The van der Waals surface area contributed by atoms with E-state index in [1.807, 2.05) is 0 Å². The van der Waals surface area contributed by atoms with Crippen molar-refractivity contribution in [3.05, 3.63) is 0 Å². The molecule has 0 rings (SSSR count). The van der Waals surface area contributed by atoms with Crippen LogP contribution in [0.3, 0.4) is 0 Å². The summed E-state index contributed by atoms with van der Waals surface area (Å²) in [6.45, 7) is 0. The Balaban J connectivity index is 5.64. The Kier molecular flexibility index (Phi) is 3.64. The molecule has 17 heavy (non-hydrogen) atoms. The second-order valence-corrected chi connectivity index (χ2v) is 2.80. The van der Waals surface area contributed by atoms with Crippen LogP contribution in [0, 0.1) is 17.2 Å². The largest absolute Gasteiger partial charge is 0.459 e. The summed E-state index contributed by atoms with van der Waals surface area (Å²) in [5, 5.41) is 7.68. The predicted molar refractivity (Wildman–Crippen MR) is 31.1 cm³/mol. The molecule has 0 saturated heterocycles. The second-order valence-electron chi connectivity index (χ2n) is 2.80. The van der Waals surface area contributed by atoms with Crippen LogP contribution in [-0.4, -0.2) is 24.2 Å². The molecule has 0 spiro atoms. The van der Waals surface area contributed by atoms with Gasteiger partial charge in [-0.05, 0) is 0 Å². The van der Waals surface area contributed by atoms with Crippen molar-refractivity contribution in [2.24, 2.45) is 5.92 Å². The molecule has 0 aromatic carbocycles. The lowest BCUT2D eigenvalue weighted by atomic mass is 9.96. The smallest absolute Gasteiger partial charge is 0.198 e. The quantitative estimate of drug-likeness (QED) is 0.708. The van der Waals surface area contributed by atoms with E-state index in [-0.39, 0.29) is 6.07 Å². The summed E-state index contributed by atoms with van der Waals surface area (Å²) in [6.07, 6.45) is -13.1. The van der Waals surface area contributed by atoms with E-state index in [9.17, 15) is 43.9 Å². The first kappa shape index (κ1) is 15.8. The van der Waals surface area contributed by atoms with E-state index in [2.05, 4.69) is 0 Å². The van der Waals surface area contributed by atoms with Crippen molar-refractivity contribution in [3.8, 4) is 6.07 Å². The molecule has 0 saturated carbocycles. The molecule has 1 nitrogen and oxygen atoms in total. The van der Waals surface area contributed by atoms with E-state index in [1.165, 1.54) is 0 Å². The minimum atomic E-state index is -6.96. The normalized spacial score (nSPS) is 16.5. The first-order chi connectivity index (χ1) is 7.19. The lowest BCUT2D eigenvalue weighted by molar-refractivity contribution is -0.379. The van der Waals surface area contributed by atoms with Gasteiger partial charge >= 0.3 is 24.2 Å². The van der Waals surface area contributed by atoms with Crippen LogP contribution in [0.25, 0.3) is 0 Å². The molecule has 11 heteroatoms. The summed E-state index contributed by atoms with van der Waals surface area (Å²) in [4.78, 5) is 0. The zero-order valence-corrected chi connectivity index (χ0v) is 7.30. The monoisotopic (exact) mass is 277 g/mol. The SMILES string of the molecule is N#CC(C(F)(F)F)C(F)(F)C(F)(F)C(F)(F)F. The average molecular weight is 277 g/mol. The highest BCUT2D eigenvalue weighted by Gasteiger charge is 2.79. The van der Waals surface area contributed by atoms with Gasteiger partial charge in [0, 0.05) is 0 Å². The molecule has 0 bridgehead atoms. The molecule has 0 aliphatic heterocycles. The van der Waals surface area contributed by atoms with Crippen LogP contribution in [-0.2, 0) is 0 Å². The maximum absolute atomic E-state index is 12.4. The molecule has 100 valence electrons. The van der Waals surface area contributed by atoms with Gasteiger partial charge in [0.05, 0.1) is 6.07 Å². The zero-order valence-electron chi connectivity index (χ0n) is 7.30. The summed E-state index contributed by atoms with van der Waals surface area (Å²) in [5.74, 6) is -18.3. The van der Waals surface area contributed by atoms with Crippen molar-refractivity contribution in [2.75, 3.05) is 0 Å². The van der Waals surface area contributed by atoms with Crippen molar-refractivity contribution >= 4 is 0 Å². The van der Waals surface area contributed by atoms with Crippen LogP contribution in [0.5, 0.6) is 0 Å². The Morgan fingerprint density at radius 3 is 1.29 bits per heavy atom. The number of hydrogen-bond donors (Lipinski definition) is 0. The van der Waals surface area contributed by atoms with Gasteiger partial charge in [-0.3, -0.25) is 0 Å². The summed E-state index contributed by atoms with van der Waals surface area (Å²) < 4.78 is 119.